The second-order valence-corrected chi connectivity index (χ2v) is 7.24. The highest BCUT2D eigenvalue weighted by Gasteiger charge is 2.34. The molecular formula is C21H21ClF3NO4. The van der Waals surface area contributed by atoms with E-state index in [1.165, 1.54) is 6.07 Å². The molecule has 0 saturated carbocycles. The largest absolute Gasteiger partial charge is 0.482 e. The lowest BCUT2D eigenvalue weighted by Crippen LogP contribution is -2.25. The number of aryl methyl sites for hydroxylation is 1. The van der Waals surface area contributed by atoms with Gasteiger partial charge in [-0.3, -0.25) is 4.79 Å². The summed E-state index contributed by atoms with van der Waals surface area (Å²) in [5.41, 5.74) is 0.470. The van der Waals surface area contributed by atoms with Crippen molar-refractivity contribution in [3.8, 4) is 5.75 Å². The van der Waals surface area contributed by atoms with E-state index in [-0.39, 0.29) is 5.02 Å². The van der Waals surface area contributed by atoms with Gasteiger partial charge in [-0.25, -0.2) is 4.79 Å². The average Bonchev–Trinajstić information content (AvgIpc) is 2.65. The summed E-state index contributed by atoms with van der Waals surface area (Å²) in [4.78, 5) is 23.7. The van der Waals surface area contributed by atoms with Gasteiger partial charge in [-0.05, 0) is 48.2 Å². The van der Waals surface area contributed by atoms with Gasteiger partial charge in [0, 0.05) is 0 Å². The molecule has 0 spiro atoms. The van der Waals surface area contributed by atoms with Gasteiger partial charge < -0.3 is 14.8 Å². The molecule has 0 bridgehead atoms. The van der Waals surface area contributed by atoms with Crippen LogP contribution in [0, 0.1) is 6.92 Å². The molecule has 2 rings (SSSR count). The maximum absolute atomic E-state index is 13.0. The third kappa shape index (κ3) is 6.38. The third-order valence-electron chi connectivity index (χ3n) is 4.17. The number of rotatable bonds is 7. The van der Waals surface area contributed by atoms with Crippen molar-refractivity contribution in [3.63, 3.8) is 0 Å². The molecule has 0 radical (unpaired) electrons. The van der Waals surface area contributed by atoms with Gasteiger partial charge >= 0.3 is 12.1 Å². The van der Waals surface area contributed by atoms with Crippen molar-refractivity contribution in [2.45, 2.75) is 32.9 Å². The van der Waals surface area contributed by atoms with Crippen LogP contribution in [0.4, 0.5) is 18.9 Å². The highest BCUT2D eigenvalue weighted by Crippen LogP contribution is 2.38. The van der Waals surface area contributed by atoms with Crippen molar-refractivity contribution < 1.29 is 32.2 Å². The molecule has 0 aliphatic carbocycles. The Balaban J connectivity index is 1.89. The standard InChI is InChI=1S/C21H21ClF3NO4/c1-12(2)15-8-7-14(9-13(15)3)29-11-19(28)30-10-18(27)26-20-16(21(23,24)25)5-4-6-17(20)22/h4-9,12H,10-11H2,1-3H3,(H,26,27). The van der Waals surface area contributed by atoms with E-state index in [2.05, 4.69) is 13.8 Å². The first-order valence-corrected chi connectivity index (χ1v) is 9.41. The van der Waals surface area contributed by atoms with Crippen LogP contribution >= 0.6 is 11.6 Å². The van der Waals surface area contributed by atoms with Crippen molar-refractivity contribution >= 4 is 29.2 Å². The summed E-state index contributed by atoms with van der Waals surface area (Å²) in [6.45, 7) is 4.82. The summed E-state index contributed by atoms with van der Waals surface area (Å²) in [6.07, 6.45) is -4.71. The van der Waals surface area contributed by atoms with E-state index in [0.717, 1.165) is 23.3 Å². The smallest absolute Gasteiger partial charge is 0.418 e. The highest BCUT2D eigenvalue weighted by molar-refractivity contribution is 6.34. The summed E-state index contributed by atoms with van der Waals surface area (Å²) >= 11 is 5.76. The van der Waals surface area contributed by atoms with Crippen LogP contribution in [0.15, 0.2) is 36.4 Å². The molecule has 0 aliphatic rings. The molecule has 0 unspecified atom stereocenters. The summed E-state index contributed by atoms with van der Waals surface area (Å²) in [7, 11) is 0. The van der Waals surface area contributed by atoms with Crippen molar-refractivity contribution in [1.82, 2.24) is 0 Å². The van der Waals surface area contributed by atoms with Crippen LogP contribution < -0.4 is 10.1 Å². The Morgan fingerprint density at radius 2 is 1.83 bits per heavy atom. The van der Waals surface area contributed by atoms with Gasteiger partial charge in [0.2, 0.25) is 0 Å². The first kappa shape index (κ1) is 23.5. The Morgan fingerprint density at radius 1 is 1.13 bits per heavy atom. The Bertz CT molecular complexity index is 929. The third-order valence-corrected chi connectivity index (χ3v) is 4.48. The number of benzene rings is 2. The van der Waals surface area contributed by atoms with Crippen LogP contribution in [-0.2, 0) is 20.5 Å². The molecule has 2 aromatic rings. The molecule has 0 saturated heterocycles. The molecule has 1 N–H and O–H groups in total. The molecule has 0 heterocycles. The van der Waals surface area contributed by atoms with Crippen LogP contribution in [-0.4, -0.2) is 25.1 Å². The molecule has 162 valence electrons. The van der Waals surface area contributed by atoms with Crippen LogP contribution in [0.5, 0.6) is 5.75 Å². The SMILES string of the molecule is Cc1cc(OCC(=O)OCC(=O)Nc2c(Cl)cccc2C(F)(F)F)ccc1C(C)C. The maximum Gasteiger partial charge on any atom is 0.418 e. The van der Waals surface area contributed by atoms with Crippen LogP contribution in [0.1, 0.15) is 36.5 Å². The first-order chi connectivity index (χ1) is 14.0. The van der Waals surface area contributed by atoms with Crippen molar-refractivity contribution in [2.75, 3.05) is 18.5 Å². The van der Waals surface area contributed by atoms with E-state index in [9.17, 15) is 22.8 Å². The monoisotopic (exact) mass is 443 g/mol. The maximum atomic E-state index is 13.0. The summed E-state index contributed by atoms with van der Waals surface area (Å²) in [6, 6.07) is 8.51. The Morgan fingerprint density at radius 3 is 2.43 bits per heavy atom. The van der Waals surface area contributed by atoms with E-state index in [4.69, 9.17) is 21.1 Å². The van der Waals surface area contributed by atoms with E-state index < -0.39 is 42.5 Å². The fraction of sp³-hybridized carbons (Fsp3) is 0.333. The number of amides is 1. The molecule has 30 heavy (non-hydrogen) atoms. The number of para-hydroxylation sites is 1. The molecular weight excluding hydrogens is 423 g/mol. The van der Waals surface area contributed by atoms with Crippen molar-refractivity contribution in [3.05, 3.63) is 58.1 Å². The second kappa shape index (κ2) is 9.84. The van der Waals surface area contributed by atoms with Crippen molar-refractivity contribution in [1.29, 1.82) is 0 Å². The zero-order valence-corrected chi connectivity index (χ0v) is 17.4. The normalized spacial score (nSPS) is 11.3. The predicted octanol–water partition coefficient (Wildman–Crippen LogP) is 5.35. The van der Waals surface area contributed by atoms with Gasteiger partial charge in [-0.1, -0.05) is 37.6 Å². The predicted molar refractivity (Wildman–Crippen MR) is 107 cm³/mol. The van der Waals surface area contributed by atoms with Crippen LogP contribution in [0.25, 0.3) is 0 Å². The number of hydrogen-bond acceptors (Lipinski definition) is 4. The number of carbonyl (C=O) groups excluding carboxylic acids is 2. The molecule has 0 aromatic heterocycles. The number of alkyl halides is 3. The minimum atomic E-state index is -4.71. The molecule has 2 aromatic carbocycles. The zero-order chi connectivity index (χ0) is 22.5. The lowest BCUT2D eigenvalue weighted by molar-refractivity contribution is -0.149. The minimum absolute atomic E-state index is 0.284. The van der Waals surface area contributed by atoms with E-state index in [0.29, 0.717) is 11.7 Å². The van der Waals surface area contributed by atoms with Gasteiger partial charge in [-0.15, -0.1) is 0 Å². The lowest BCUT2D eigenvalue weighted by Gasteiger charge is -2.15. The molecule has 0 aliphatic heterocycles. The quantitative estimate of drug-likeness (QED) is 0.586. The highest BCUT2D eigenvalue weighted by atomic mass is 35.5. The topological polar surface area (TPSA) is 64.6 Å². The minimum Gasteiger partial charge on any atom is -0.482 e. The second-order valence-electron chi connectivity index (χ2n) is 6.83. The summed E-state index contributed by atoms with van der Waals surface area (Å²) in [5.74, 6) is -0.993. The molecule has 0 atom stereocenters. The lowest BCUT2D eigenvalue weighted by atomic mass is 9.98. The van der Waals surface area contributed by atoms with Gasteiger partial charge in [-0.2, -0.15) is 13.2 Å². The first-order valence-electron chi connectivity index (χ1n) is 9.03. The number of nitrogens with one attached hydrogen (secondary N) is 1. The molecule has 5 nitrogen and oxygen atoms in total. The molecule has 1 amide bonds. The van der Waals surface area contributed by atoms with Crippen molar-refractivity contribution in [2.24, 2.45) is 0 Å². The molecule has 0 fully saturated rings. The van der Waals surface area contributed by atoms with Gasteiger partial charge in [0.15, 0.2) is 13.2 Å². The number of ether oxygens (including phenoxy) is 2. The van der Waals surface area contributed by atoms with E-state index in [1.54, 1.807) is 12.1 Å². The Labute approximate surface area is 177 Å². The number of hydrogen-bond donors (Lipinski definition) is 1. The van der Waals surface area contributed by atoms with Gasteiger partial charge in [0.25, 0.3) is 5.91 Å². The van der Waals surface area contributed by atoms with E-state index in [1.807, 2.05) is 18.3 Å². The number of halogens is 4. The van der Waals surface area contributed by atoms with Gasteiger partial charge in [0.05, 0.1) is 16.3 Å². The molecule has 9 heteroatoms. The van der Waals surface area contributed by atoms with Gasteiger partial charge in [0.1, 0.15) is 5.75 Å². The van der Waals surface area contributed by atoms with E-state index >= 15 is 0 Å². The number of anilines is 1. The summed E-state index contributed by atoms with van der Waals surface area (Å²) < 4.78 is 49.2. The fourth-order valence-corrected chi connectivity index (χ4v) is 3.00. The van der Waals surface area contributed by atoms with Crippen LogP contribution in [0.3, 0.4) is 0 Å². The zero-order valence-electron chi connectivity index (χ0n) is 16.6. The summed E-state index contributed by atoms with van der Waals surface area (Å²) in [5, 5.41) is 1.75. The average molecular weight is 444 g/mol. The fourth-order valence-electron chi connectivity index (χ4n) is 2.78. The Kier molecular flexibility index (Phi) is 7.72. The van der Waals surface area contributed by atoms with Crippen LogP contribution in [0.2, 0.25) is 5.02 Å². The number of carbonyl (C=O) groups is 2. The Hall–Kier alpha value is -2.74. The number of esters is 1.